The van der Waals surface area contributed by atoms with Gasteiger partial charge >= 0.3 is 0 Å². The van der Waals surface area contributed by atoms with E-state index in [4.69, 9.17) is 15.9 Å². The first-order chi connectivity index (χ1) is 12.9. The normalized spacial score (nSPS) is 11.3. The smallest absolute Gasteiger partial charge is 0.208 e. The first kappa shape index (κ1) is 19.5. The number of sulfone groups is 1. The number of methoxy groups -OCH3 is 1. The molecule has 5 nitrogen and oxygen atoms in total. The molecule has 0 amide bonds. The van der Waals surface area contributed by atoms with Crippen LogP contribution in [0, 0.1) is 5.41 Å². The quantitative estimate of drug-likeness (QED) is 0.354. The highest BCUT2D eigenvalue weighted by Crippen LogP contribution is 2.37. The zero-order valence-corrected chi connectivity index (χ0v) is 17.2. The molecule has 0 atom stereocenters. The summed E-state index contributed by atoms with van der Waals surface area (Å²) in [7, 11) is -2.14. The number of nitrogens with two attached hydrogens (primary N) is 1. The summed E-state index contributed by atoms with van der Waals surface area (Å²) in [5.41, 5.74) is 7.19. The molecule has 1 aromatic heterocycles. The van der Waals surface area contributed by atoms with Gasteiger partial charge in [0.25, 0.3) is 0 Å². The third-order valence-electron chi connectivity index (χ3n) is 3.95. The van der Waals surface area contributed by atoms with Crippen LogP contribution < -0.4 is 10.5 Å². The molecule has 0 unspecified atom stereocenters. The van der Waals surface area contributed by atoms with Gasteiger partial charge in [-0.15, -0.1) is 23.1 Å². The van der Waals surface area contributed by atoms with Crippen molar-refractivity contribution in [3.63, 3.8) is 0 Å². The van der Waals surface area contributed by atoms with Gasteiger partial charge in [-0.05, 0) is 47.7 Å². The number of hydrogen-bond donors (Lipinski definition) is 2. The highest BCUT2D eigenvalue weighted by molar-refractivity contribution is 8.01. The number of benzene rings is 2. The standard InChI is InChI=1S/C19H18N2O3S3/c1-24-14-7-3-5-12(9-14)13-6-4-8-15(10-13)27(22,23)17-11-16(18(20)21)26-19(17)25-2/h3-11H,1-2H3,(H3,20,21). The van der Waals surface area contributed by atoms with Crippen molar-refractivity contribution in [1.82, 2.24) is 0 Å². The topological polar surface area (TPSA) is 93.2 Å². The molecule has 27 heavy (non-hydrogen) atoms. The molecule has 8 heteroatoms. The van der Waals surface area contributed by atoms with Gasteiger partial charge in [0, 0.05) is 0 Å². The van der Waals surface area contributed by atoms with Crippen LogP contribution in [0.5, 0.6) is 5.75 Å². The van der Waals surface area contributed by atoms with Gasteiger partial charge < -0.3 is 10.5 Å². The Balaban J connectivity index is 2.10. The number of rotatable bonds is 6. The molecule has 0 aliphatic carbocycles. The summed E-state index contributed by atoms with van der Waals surface area (Å²) in [6, 6.07) is 15.7. The van der Waals surface area contributed by atoms with Crippen LogP contribution in [0.3, 0.4) is 0 Å². The molecule has 3 rings (SSSR count). The molecule has 0 bridgehead atoms. The van der Waals surface area contributed by atoms with Crippen molar-refractivity contribution in [1.29, 1.82) is 5.41 Å². The second-order valence-corrected chi connectivity index (χ2v) is 9.69. The van der Waals surface area contributed by atoms with Gasteiger partial charge in [-0.2, -0.15) is 0 Å². The lowest BCUT2D eigenvalue weighted by Crippen LogP contribution is -2.08. The average Bonchev–Trinajstić information content (AvgIpc) is 3.14. The maximum Gasteiger partial charge on any atom is 0.208 e. The minimum Gasteiger partial charge on any atom is -0.497 e. The fourth-order valence-electron chi connectivity index (χ4n) is 2.59. The molecule has 0 spiro atoms. The molecule has 2 aromatic carbocycles. The predicted octanol–water partition coefficient (Wildman–Crippen LogP) is 4.26. The van der Waals surface area contributed by atoms with E-state index >= 15 is 0 Å². The van der Waals surface area contributed by atoms with Gasteiger partial charge in [-0.3, -0.25) is 5.41 Å². The molecule has 0 radical (unpaired) electrons. The Kier molecular flexibility index (Phi) is 5.59. The number of thiophene rings is 1. The van der Waals surface area contributed by atoms with Crippen LogP contribution in [0.1, 0.15) is 4.88 Å². The minimum atomic E-state index is -3.73. The van der Waals surface area contributed by atoms with Gasteiger partial charge in [0.1, 0.15) is 11.6 Å². The Morgan fingerprint density at radius 2 is 1.78 bits per heavy atom. The van der Waals surface area contributed by atoms with Crippen molar-refractivity contribution in [2.45, 2.75) is 14.0 Å². The van der Waals surface area contributed by atoms with Gasteiger partial charge in [0.2, 0.25) is 9.84 Å². The lowest BCUT2D eigenvalue weighted by atomic mass is 10.1. The third-order valence-corrected chi connectivity index (χ3v) is 8.29. The van der Waals surface area contributed by atoms with Crippen LogP contribution in [0.2, 0.25) is 0 Å². The number of thioether (sulfide) groups is 1. The molecule has 0 saturated carbocycles. The van der Waals surface area contributed by atoms with Gasteiger partial charge in [0.05, 0.1) is 26.0 Å². The fourth-order valence-corrected chi connectivity index (χ4v) is 6.50. The summed E-state index contributed by atoms with van der Waals surface area (Å²) in [6.07, 6.45) is 1.81. The Morgan fingerprint density at radius 1 is 1.11 bits per heavy atom. The lowest BCUT2D eigenvalue weighted by Gasteiger charge is -2.08. The molecule has 140 valence electrons. The van der Waals surface area contributed by atoms with Crippen LogP contribution in [-0.4, -0.2) is 27.6 Å². The summed E-state index contributed by atoms with van der Waals surface area (Å²) in [5, 5.41) is 7.59. The van der Waals surface area contributed by atoms with E-state index in [1.54, 1.807) is 31.6 Å². The van der Waals surface area contributed by atoms with Crippen molar-refractivity contribution >= 4 is 38.8 Å². The summed E-state index contributed by atoms with van der Waals surface area (Å²) < 4.78 is 32.3. The van der Waals surface area contributed by atoms with E-state index in [-0.39, 0.29) is 15.6 Å². The maximum absolute atomic E-state index is 13.2. The Morgan fingerprint density at radius 3 is 2.41 bits per heavy atom. The Bertz CT molecular complexity index is 1100. The molecule has 0 aliphatic heterocycles. The lowest BCUT2D eigenvalue weighted by molar-refractivity contribution is 0.415. The molecule has 3 aromatic rings. The summed E-state index contributed by atoms with van der Waals surface area (Å²) in [6.45, 7) is 0. The molecule has 0 aliphatic rings. The minimum absolute atomic E-state index is 0.137. The van der Waals surface area contributed by atoms with Crippen LogP contribution >= 0.6 is 23.1 Å². The van der Waals surface area contributed by atoms with E-state index in [1.165, 1.54) is 29.2 Å². The largest absolute Gasteiger partial charge is 0.497 e. The SMILES string of the molecule is COc1cccc(-c2cccc(S(=O)(=O)c3cc(C(=N)N)sc3SC)c2)c1. The van der Waals surface area contributed by atoms with Crippen LogP contribution in [-0.2, 0) is 9.84 Å². The van der Waals surface area contributed by atoms with Crippen molar-refractivity contribution in [3.05, 3.63) is 59.5 Å². The zero-order valence-electron chi connectivity index (χ0n) is 14.7. The Hall–Kier alpha value is -2.29. The van der Waals surface area contributed by atoms with Crippen LogP contribution in [0.15, 0.2) is 68.6 Å². The van der Waals surface area contributed by atoms with E-state index in [1.807, 2.05) is 30.3 Å². The monoisotopic (exact) mass is 418 g/mol. The number of nitrogen functional groups attached to an aromatic ring is 1. The number of hydrogen-bond acceptors (Lipinski definition) is 6. The van der Waals surface area contributed by atoms with E-state index < -0.39 is 9.84 Å². The molecule has 0 saturated heterocycles. The molecular weight excluding hydrogens is 400 g/mol. The maximum atomic E-state index is 13.2. The van der Waals surface area contributed by atoms with Crippen molar-refractivity contribution in [2.24, 2.45) is 5.73 Å². The second kappa shape index (κ2) is 7.75. The average molecular weight is 419 g/mol. The molecule has 1 heterocycles. The fraction of sp³-hybridized carbons (Fsp3) is 0.105. The van der Waals surface area contributed by atoms with Crippen LogP contribution in [0.4, 0.5) is 0 Å². The van der Waals surface area contributed by atoms with E-state index in [2.05, 4.69) is 0 Å². The second-order valence-electron chi connectivity index (χ2n) is 5.64. The zero-order chi connectivity index (χ0) is 19.6. The highest BCUT2D eigenvalue weighted by Gasteiger charge is 2.25. The number of nitrogens with one attached hydrogen (secondary N) is 1. The van der Waals surface area contributed by atoms with Gasteiger partial charge in [-0.1, -0.05) is 24.3 Å². The van der Waals surface area contributed by atoms with E-state index in [0.717, 1.165) is 11.1 Å². The van der Waals surface area contributed by atoms with Gasteiger partial charge in [-0.25, -0.2) is 8.42 Å². The van der Waals surface area contributed by atoms with Crippen LogP contribution in [0.25, 0.3) is 11.1 Å². The van der Waals surface area contributed by atoms with E-state index in [0.29, 0.717) is 14.8 Å². The highest BCUT2D eigenvalue weighted by atomic mass is 32.2. The summed E-state index contributed by atoms with van der Waals surface area (Å²) >= 11 is 2.54. The molecular formula is C19H18N2O3S3. The number of amidine groups is 1. The van der Waals surface area contributed by atoms with Crippen molar-refractivity contribution < 1.29 is 13.2 Å². The first-order valence-corrected chi connectivity index (χ1v) is 11.4. The molecule has 0 fully saturated rings. The van der Waals surface area contributed by atoms with Crippen molar-refractivity contribution in [3.8, 4) is 16.9 Å². The Labute approximate surface area is 166 Å². The number of ether oxygens (including phenoxy) is 1. The van der Waals surface area contributed by atoms with E-state index in [9.17, 15) is 8.42 Å². The van der Waals surface area contributed by atoms with Gasteiger partial charge in [0.15, 0.2) is 0 Å². The van der Waals surface area contributed by atoms with Crippen molar-refractivity contribution in [2.75, 3.05) is 13.4 Å². The molecule has 3 N–H and O–H groups in total. The third kappa shape index (κ3) is 3.87. The first-order valence-electron chi connectivity index (χ1n) is 7.88. The summed E-state index contributed by atoms with van der Waals surface area (Å²) in [4.78, 5) is 0.834. The summed E-state index contributed by atoms with van der Waals surface area (Å²) in [5.74, 6) is 0.566. The predicted molar refractivity (Wildman–Crippen MR) is 111 cm³/mol.